The van der Waals surface area contributed by atoms with Crippen molar-refractivity contribution in [2.45, 2.75) is 39.8 Å². The van der Waals surface area contributed by atoms with Crippen molar-refractivity contribution in [2.24, 2.45) is 0 Å². The molecule has 31 heavy (non-hydrogen) atoms. The van der Waals surface area contributed by atoms with E-state index < -0.39 is 0 Å². The second kappa shape index (κ2) is 11.0. The minimum atomic E-state index is -0.121. The van der Waals surface area contributed by atoms with Gasteiger partial charge in [-0.2, -0.15) is 0 Å². The number of hydrogen-bond donors (Lipinski definition) is 3. The number of carbonyl (C=O) groups excluding carboxylic acids is 1. The van der Waals surface area contributed by atoms with E-state index in [1.165, 1.54) is 0 Å². The molecule has 0 bridgehead atoms. The fraction of sp³-hybridized carbons (Fsp3) is 0.458. The van der Waals surface area contributed by atoms with Gasteiger partial charge >= 0.3 is 0 Å². The second-order valence-electron chi connectivity index (χ2n) is 7.99. The van der Waals surface area contributed by atoms with E-state index >= 15 is 0 Å². The maximum Gasteiger partial charge on any atom is 0.258 e. The van der Waals surface area contributed by atoms with Crippen molar-refractivity contribution >= 4 is 17.3 Å². The van der Waals surface area contributed by atoms with Crippen LogP contribution in [0.2, 0.25) is 0 Å². The van der Waals surface area contributed by atoms with Gasteiger partial charge < -0.3 is 30.5 Å². The monoisotopic (exact) mass is 429 g/mol. The molecule has 0 aliphatic rings. The van der Waals surface area contributed by atoms with Gasteiger partial charge in [0.05, 0.1) is 25.9 Å². The van der Waals surface area contributed by atoms with E-state index in [9.17, 15) is 15.0 Å². The first-order chi connectivity index (χ1) is 14.8. The predicted octanol–water partition coefficient (Wildman–Crippen LogP) is 2.99. The summed E-state index contributed by atoms with van der Waals surface area (Å²) in [5.41, 5.74) is 9.52. The number of ether oxygens (including phenoxy) is 1. The van der Waals surface area contributed by atoms with Gasteiger partial charge in [0.1, 0.15) is 5.75 Å². The van der Waals surface area contributed by atoms with Gasteiger partial charge in [-0.25, -0.2) is 0 Å². The van der Waals surface area contributed by atoms with Gasteiger partial charge in [-0.05, 0) is 52.0 Å². The Morgan fingerprint density at radius 2 is 1.61 bits per heavy atom. The highest BCUT2D eigenvalue weighted by atomic mass is 16.5. The molecule has 4 N–H and O–H groups in total. The van der Waals surface area contributed by atoms with Crippen molar-refractivity contribution in [2.75, 3.05) is 44.0 Å². The summed E-state index contributed by atoms with van der Waals surface area (Å²) >= 11 is 0. The normalized spacial score (nSPS) is 11.1. The maximum absolute atomic E-state index is 13.7. The molecule has 170 valence electrons. The Labute approximate surface area is 185 Å². The Morgan fingerprint density at radius 3 is 2.13 bits per heavy atom. The fourth-order valence-electron chi connectivity index (χ4n) is 3.93. The van der Waals surface area contributed by atoms with Crippen LogP contribution >= 0.6 is 0 Å². The molecule has 0 radical (unpaired) electrons. The Kier molecular flexibility index (Phi) is 8.71. The number of nitrogen functional groups attached to an aromatic ring is 1. The van der Waals surface area contributed by atoms with E-state index in [-0.39, 0.29) is 31.2 Å². The largest absolute Gasteiger partial charge is 0.496 e. The van der Waals surface area contributed by atoms with Crippen LogP contribution < -0.4 is 15.4 Å². The molecule has 7 heteroatoms. The molecule has 0 saturated heterocycles. The molecule has 2 rings (SSSR count). The molecular weight excluding hydrogens is 394 g/mol. The van der Waals surface area contributed by atoms with Crippen molar-refractivity contribution in [1.82, 2.24) is 4.90 Å². The Hall–Kier alpha value is -2.77. The van der Waals surface area contributed by atoms with Crippen molar-refractivity contribution in [3.8, 4) is 16.9 Å². The zero-order chi connectivity index (χ0) is 23.1. The van der Waals surface area contributed by atoms with Crippen LogP contribution in [0.25, 0.3) is 11.1 Å². The van der Waals surface area contributed by atoms with Crippen LogP contribution in [0.3, 0.4) is 0 Å². The molecule has 2 aromatic rings. The first-order valence-corrected chi connectivity index (χ1v) is 10.6. The Bertz CT molecular complexity index is 869. The summed E-state index contributed by atoms with van der Waals surface area (Å²) in [7, 11) is 1.55. The number of aliphatic hydroxyl groups is 2. The van der Waals surface area contributed by atoms with Gasteiger partial charge in [0, 0.05) is 47.7 Å². The molecule has 0 aromatic heterocycles. The van der Waals surface area contributed by atoms with Crippen LogP contribution in [-0.4, -0.2) is 66.5 Å². The quantitative estimate of drug-likeness (QED) is 0.502. The van der Waals surface area contributed by atoms with E-state index in [1.54, 1.807) is 19.2 Å². The minimum Gasteiger partial charge on any atom is -0.496 e. The molecule has 0 heterocycles. The molecule has 0 unspecified atom stereocenters. The molecule has 0 fully saturated rings. The molecule has 0 spiro atoms. The van der Waals surface area contributed by atoms with Crippen molar-refractivity contribution in [1.29, 1.82) is 0 Å². The smallest absolute Gasteiger partial charge is 0.258 e. The number of benzene rings is 2. The highest BCUT2D eigenvalue weighted by molar-refractivity contribution is 6.05. The lowest BCUT2D eigenvalue weighted by Gasteiger charge is -2.32. The number of rotatable bonds is 10. The average Bonchev–Trinajstić information content (AvgIpc) is 2.72. The highest BCUT2D eigenvalue weighted by Crippen LogP contribution is 2.37. The van der Waals surface area contributed by atoms with Gasteiger partial charge in [0.25, 0.3) is 5.91 Å². The molecule has 0 aliphatic carbocycles. The van der Waals surface area contributed by atoms with Gasteiger partial charge in [-0.15, -0.1) is 0 Å². The van der Waals surface area contributed by atoms with Crippen LogP contribution in [-0.2, 0) is 0 Å². The van der Waals surface area contributed by atoms with Gasteiger partial charge in [-0.3, -0.25) is 4.79 Å². The predicted molar refractivity (Wildman–Crippen MR) is 126 cm³/mol. The first kappa shape index (κ1) is 24.5. The molecule has 1 amide bonds. The lowest BCUT2D eigenvalue weighted by molar-refractivity contribution is 0.0641. The number of nitrogens with zero attached hydrogens (tertiary/aromatic N) is 2. The number of nitrogens with two attached hydrogens (primary N) is 1. The number of hydrogen-bond acceptors (Lipinski definition) is 6. The summed E-state index contributed by atoms with van der Waals surface area (Å²) < 4.78 is 5.57. The van der Waals surface area contributed by atoms with Crippen LogP contribution in [0.15, 0.2) is 36.4 Å². The zero-order valence-electron chi connectivity index (χ0n) is 19.1. The van der Waals surface area contributed by atoms with Gasteiger partial charge in [-0.1, -0.05) is 12.1 Å². The number of carbonyl (C=O) groups is 1. The van der Waals surface area contributed by atoms with Crippen LogP contribution in [0.5, 0.6) is 5.75 Å². The molecule has 2 aromatic carbocycles. The summed E-state index contributed by atoms with van der Waals surface area (Å²) in [6.45, 7) is 8.63. The third kappa shape index (κ3) is 5.48. The maximum atomic E-state index is 13.7. The zero-order valence-corrected chi connectivity index (χ0v) is 19.1. The number of anilines is 2. The summed E-state index contributed by atoms with van der Waals surface area (Å²) in [6, 6.07) is 11.0. The second-order valence-corrected chi connectivity index (χ2v) is 7.99. The first-order valence-electron chi connectivity index (χ1n) is 10.6. The lowest BCUT2D eigenvalue weighted by Crippen LogP contribution is -2.42. The van der Waals surface area contributed by atoms with E-state index in [0.29, 0.717) is 41.2 Å². The van der Waals surface area contributed by atoms with Crippen molar-refractivity contribution < 1.29 is 19.7 Å². The number of amides is 1. The standard InChI is InChI=1S/C24H35N3O4/c1-16(2)27(17(3)4)24(30)23-19(7-6-8-22(23)31-5)20-15-18(9-10-21(20)25)26(11-13-28)12-14-29/h6-10,15-17,28-29H,11-14,25H2,1-5H3. The topological polar surface area (TPSA) is 99.3 Å². The molecule has 0 aliphatic heterocycles. The average molecular weight is 430 g/mol. The summed E-state index contributed by atoms with van der Waals surface area (Å²) in [5.74, 6) is 0.367. The van der Waals surface area contributed by atoms with Crippen molar-refractivity contribution in [3.05, 3.63) is 42.0 Å². The SMILES string of the molecule is COc1cccc(-c2cc(N(CCO)CCO)ccc2N)c1C(=O)N(C(C)C)C(C)C. The van der Waals surface area contributed by atoms with E-state index in [4.69, 9.17) is 10.5 Å². The number of aliphatic hydroxyl groups excluding tert-OH is 2. The van der Waals surface area contributed by atoms with E-state index in [1.807, 2.05) is 61.8 Å². The molecular formula is C24H35N3O4. The van der Waals surface area contributed by atoms with Crippen LogP contribution in [0, 0.1) is 0 Å². The molecule has 7 nitrogen and oxygen atoms in total. The Balaban J connectivity index is 2.69. The third-order valence-electron chi connectivity index (χ3n) is 5.24. The Morgan fingerprint density at radius 1 is 1.00 bits per heavy atom. The lowest BCUT2D eigenvalue weighted by atomic mass is 9.95. The summed E-state index contributed by atoms with van der Waals surface area (Å²) in [6.07, 6.45) is 0. The van der Waals surface area contributed by atoms with E-state index in [2.05, 4.69) is 0 Å². The summed E-state index contributed by atoms with van der Waals surface area (Å²) in [4.78, 5) is 17.4. The fourth-order valence-corrected chi connectivity index (χ4v) is 3.93. The minimum absolute atomic E-state index is 0.0125. The van der Waals surface area contributed by atoms with Crippen LogP contribution in [0.4, 0.5) is 11.4 Å². The van der Waals surface area contributed by atoms with Crippen LogP contribution in [0.1, 0.15) is 38.1 Å². The van der Waals surface area contributed by atoms with E-state index in [0.717, 1.165) is 5.69 Å². The molecule has 0 saturated carbocycles. The number of methoxy groups -OCH3 is 1. The molecule has 0 atom stereocenters. The van der Waals surface area contributed by atoms with Gasteiger partial charge in [0.2, 0.25) is 0 Å². The van der Waals surface area contributed by atoms with Gasteiger partial charge in [0.15, 0.2) is 0 Å². The van der Waals surface area contributed by atoms with Crippen molar-refractivity contribution in [3.63, 3.8) is 0 Å². The highest BCUT2D eigenvalue weighted by Gasteiger charge is 2.28. The third-order valence-corrected chi connectivity index (χ3v) is 5.24. The summed E-state index contributed by atoms with van der Waals surface area (Å²) in [5, 5.41) is 18.8.